The van der Waals surface area contributed by atoms with Gasteiger partial charge in [-0.3, -0.25) is 0 Å². The number of aromatic nitrogens is 2. The van der Waals surface area contributed by atoms with Gasteiger partial charge in [-0.1, -0.05) is 25.1 Å². The number of aryl methyl sites for hydroxylation is 2. The lowest BCUT2D eigenvalue weighted by Crippen LogP contribution is -2.06. The largest absolute Gasteiger partial charge is 0.478 e. The molecule has 0 aliphatic rings. The summed E-state index contributed by atoms with van der Waals surface area (Å²) in [4.78, 5) is 12.0. The van der Waals surface area contributed by atoms with Gasteiger partial charge in [-0.05, 0) is 55.7 Å². The van der Waals surface area contributed by atoms with E-state index in [1.165, 1.54) is 5.56 Å². The summed E-state index contributed by atoms with van der Waals surface area (Å²) in [6.07, 6.45) is 0.540. The van der Waals surface area contributed by atoms with Gasteiger partial charge in [0.05, 0.1) is 23.0 Å². The van der Waals surface area contributed by atoms with E-state index >= 15 is 0 Å². The van der Waals surface area contributed by atoms with Crippen LogP contribution in [0.15, 0.2) is 42.5 Å². The van der Waals surface area contributed by atoms with Gasteiger partial charge in [-0.2, -0.15) is 10.4 Å². The summed E-state index contributed by atoms with van der Waals surface area (Å²) in [6, 6.07) is 14.8. The van der Waals surface area contributed by atoms with Crippen molar-refractivity contribution in [1.82, 2.24) is 9.78 Å². The van der Waals surface area contributed by atoms with Gasteiger partial charge >= 0.3 is 5.97 Å². The fraction of sp³-hybridized carbons (Fsp3) is 0.190. The molecule has 0 radical (unpaired) electrons. The highest BCUT2D eigenvalue weighted by atomic mass is 16.4. The van der Waals surface area contributed by atoms with E-state index in [0.29, 0.717) is 28.9 Å². The van der Waals surface area contributed by atoms with Crippen molar-refractivity contribution in [3.63, 3.8) is 0 Å². The van der Waals surface area contributed by atoms with Crippen molar-refractivity contribution >= 4 is 5.97 Å². The number of hydrogen-bond acceptors (Lipinski definition) is 3. The van der Waals surface area contributed by atoms with Gasteiger partial charge in [-0.15, -0.1) is 0 Å². The third-order valence-electron chi connectivity index (χ3n) is 4.55. The van der Waals surface area contributed by atoms with Crippen LogP contribution in [0.3, 0.4) is 0 Å². The summed E-state index contributed by atoms with van der Waals surface area (Å²) in [6.45, 7) is 5.98. The van der Waals surface area contributed by atoms with Gasteiger partial charge in [0, 0.05) is 5.56 Å². The molecule has 130 valence electrons. The summed E-state index contributed by atoms with van der Waals surface area (Å²) in [5.74, 6) is -1.00. The molecular formula is C21H19N3O2. The van der Waals surface area contributed by atoms with E-state index in [9.17, 15) is 9.90 Å². The second kappa shape index (κ2) is 6.85. The number of rotatable bonds is 4. The van der Waals surface area contributed by atoms with E-state index in [1.54, 1.807) is 28.9 Å². The molecule has 0 saturated heterocycles. The summed E-state index contributed by atoms with van der Waals surface area (Å²) in [7, 11) is 0. The van der Waals surface area contributed by atoms with Crippen molar-refractivity contribution < 1.29 is 9.90 Å². The van der Waals surface area contributed by atoms with E-state index in [2.05, 4.69) is 11.2 Å². The first-order valence-corrected chi connectivity index (χ1v) is 8.39. The predicted octanol–water partition coefficient (Wildman–Crippen LogP) is 4.29. The lowest BCUT2D eigenvalue weighted by molar-refractivity contribution is 0.0696. The predicted molar refractivity (Wildman–Crippen MR) is 99.5 cm³/mol. The quantitative estimate of drug-likeness (QED) is 0.765. The van der Waals surface area contributed by atoms with Crippen LogP contribution in [0.4, 0.5) is 0 Å². The first-order valence-electron chi connectivity index (χ1n) is 8.39. The molecule has 0 aliphatic heterocycles. The zero-order valence-corrected chi connectivity index (χ0v) is 14.9. The zero-order chi connectivity index (χ0) is 18.8. The standard InChI is InChI=1S/C21H19N3O2/c1-4-18-19(21(25)26)20(16-8-6-15(12-22)7-9-16)23-24(18)17-10-5-13(2)14(3)11-17/h5-11H,4H2,1-3H3,(H,25,26). The van der Waals surface area contributed by atoms with E-state index in [4.69, 9.17) is 5.26 Å². The van der Waals surface area contributed by atoms with Crippen LogP contribution in [0.5, 0.6) is 0 Å². The summed E-state index contributed by atoms with van der Waals surface area (Å²) in [5.41, 5.74) is 5.61. The number of benzene rings is 2. The molecule has 0 unspecified atom stereocenters. The van der Waals surface area contributed by atoms with Crippen molar-refractivity contribution in [3.05, 3.63) is 70.4 Å². The number of carboxylic acids is 1. The average Bonchev–Trinajstić information content (AvgIpc) is 3.04. The van der Waals surface area contributed by atoms with Gasteiger partial charge in [0.25, 0.3) is 0 Å². The maximum atomic E-state index is 12.0. The minimum absolute atomic E-state index is 0.204. The fourth-order valence-electron chi connectivity index (χ4n) is 2.98. The van der Waals surface area contributed by atoms with Crippen LogP contribution in [-0.4, -0.2) is 20.9 Å². The van der Waals surface area contributed by atoms with E-state index < -0.39 is 5.97 Å². The molecule has 3 rings (SSSR count). The summed E-state index contributed by atoms with van der Waals surface area (Å²) in [5, 5.41) is 23.4. The van der Waals surface area contributed by atoms with Gasteiger partial charge in [0.1, 0.15) is 11.3 Å². The second-order valence-corrected chi connectivity index (χ2v) is 6.20. The van der Waals surface area contributed by atoms with Gasteiger partial charge in [0.2, 0.25) is 0 Å². The number of carbonyl (C=O) groups is 1. The second-order valence-electron chi connectivity index (χ2n) is 6.20. The number of nitrogens with zero attached hydrogens (tertiary/aromatic N) is 3. The first kappa shape index (κ1) is 17.4. The molecule has 2 aromatic carbocycles. The monoisotopic (exact) mass is 345 g/mol. The van der Waals surface area contributed by atoms with Crippen molar-refractivity contribution in [2.45, 2.75) is 27.2 Å². The van der Waals surface area contributed by atoms with Gasteiger partial charge < -0.3 is 5.11 Å². The highest BCUT2D eigenvalue weighted by Gasteiger charge is 2.24. The van der Waals surface area contributed by atoms with Crippen LogP contribution in [-0.2, 0) is 6.42 Å². The van der Waals surface area contributed by atoms with Crippen LogP contribution in [0.2, 0.25) is 0 Å². The Morgan fingerprint density at radius 3 is 2.38 bits per heavy atom. The molecule has 5 heteroatoms. The topological polar surface area (TPSA) is 78.9 Å². The Bertz CT molecular complexity index is 1020. The molecule has 0 bridgehead atoms. The molecule has 0 spiro atoms. The molecule has 3 aromatic rings. The van der Waals surface area contributed by atoms with Gasteiger partial charge in [0.15, 0.2) is 0 Å². The third-order valence-corrected chi connectivity index (χ3v) is 4.55. The lowest BCUT2D eigenvalue weighted by atomic mass is 10.0. The number of nitriles is 1. The van der Waals surface area contributed by atoms with E-state index in [0.717, 1.165) is 11.3 Å². The third kappa shape index (κ3) is 2.98. The zero-order valence-electron chi connectivity index (χ0n) is 14.9. The molecule has 0 aliphatic carbocycles. The van der Waals surface area contributed by atoms with Crippen LogP contribution in [0, 0.1) is 25.2 Å². The van der Waals surface area contributed by atoms with E-state index in [1.807, 2.05) is 39.0 Å². The van der Waals surface area contributed by atoms with Crippen LogP contribution >= 0.6 is 0 Å². The number of carboxylic acid groups (broad SMARTS) is 1. The first-order chi connectivity index (χ1) is 12.5. The minimum atomic E-state index is -1.00. The van der Waals surface area contributed by atoms with Crippen molar-refractivity contribution in [1.29, 1.82) is 5.26 Å². The molecule has 0 saturated carbocycles. The van der Waals surface area contributed by atoms with Crippen LogP contribution < -0.4 is 0 Å². The molecule has 5 nitrogen and oxygen atoms in total. The highest BCUT2D eigenvalue weighted by Crippen LogP contribution is 2.29. The molecule has 0 atom stereocenters. The van der Waals surface area contributed by atoms with Crippen LogP contribution in [0.25, 0.3) is 16.9 Å². The summed E-state index contributed by atoms with van der Waals surface area (Å²) < 4.78 is 1.71. The Balaban J connectivity index is 2.24. The highest BCUT2D eigenvalue weighted by molar-refractivity contribution is 5.96. The fourth-order valence-corrected chi connectivity index (χ4v) is 2.98. The molecule has 26 heavy (non-hydrogen) atoms. The number of aromatic carboxylic acids is 1. The SMILES string of the molecule is CCc1c(C(=O)O)c(-c2ccc(C#N)cc2)nn1-c1ccc(C)c(C)c1. The molecular weight excluding hydrogens is 326 g/mol. The maximum absolute atomic E-state index is 12.0. The Labute approximate surface area is 152 Å². The summed E-state index contributed by atoms with van der Waals surface area (Å²) >= 11 is 0. The smallest absolute Gasteiger partial charge is 0.339 e. The Morgan fingerprint density at radius 1 is 1.15 bits per heavy atom. The Hall–Kier alpha value is -3.39. The van der Waals surface area contributed by atoms with Gasteiger partial charge in [-0.25, -0.2) is 9.48 Å². The minimum Gasteiger partial charge on any atom is -0.478 e. The van der Waals surface area contributed by atoms with E-state index in [-0.39, 0.29) is 5.56 Å². The Kier molecular flexibility index (Phi) is 4.59. The van der Waals surface area contributed by atoms with Crippen LogP contribution in [0.1, 0.15) is 39.7 Å². The lowest BCUT2D eigenvalue weighted by Gasteiger charge is -2.09. The average molecular weight is 345 g/mol. The molecule has 0 fully saturated rings. The molecule has 1 heterocycles. The van der Waals surface area contributed by atoms with Crippen molar-refractivity contribution in [2.75, 3.05) is 0 Å². The Morgan fingerprint density at radius 2 is 1.85 bits per heavy atom. The maximum Gasteiger partial charge on any atom is 0.339 e. The molecule has 1 aromatic heterocycles. The molecule has 1 N–H and O–H groups in total. The molecule has 0 amide bonds. The van der Waals surface area contributed by atoms with Crippen molar-refractivity contribution in [2.24, 2.45) is 0 Å². The number of hydrogen-bond donors (Lipinski definition) is 1. The van der Waals surface area contributed by atoms with Crippen molar-refractivity contribution in [3.8, 4) is 23.0 Å². The normalized spacial score (nSPS) is 10.5.